The van der Waals surface area contributed by atoms with Gasteiger partial charge in [-0.05, 0) is 93.9 Å². The van der Waals surface area contributed by atoms with Crippen molar-refractivity contribution in [3.05, 3.63) is 47.5 Å². The standard InChI is InChI=1S/C30H43N3O2/c1-2-33-29-11-9-25(7-3-5-13-31-15-19-34-20-16-31)23-27(29)28-24-26(10-12-30(28)33)8-4-6-14-32-17-21-35-22-18-32/h9-12,23-24H,2-8,13-22H2,1H3. The Kier molecular flexibility index (Phi) is 8.74. The summed E-state index contributed by atoms with van der Waals surface area (Å²) in [6.07, 6.45) is 7.38. The van der Waals surface area contributed by atoms with E-state index < -0.39 is 0 Å². The molecule has 0 radical (unpaired) electrons. The van der Waals surface area contributed by atoms with Gasteiger partial charge in [-0.3, -0.25) is 9.80 Å². The number of morpholine rings is 2. The second-order valence-corrected chi connectivity index (χ2v) is 10.3. The number of aromatic nitrogens is 1. The van der Waals surface area contributed by atoms with Crippen molar-refractivity contribution >= 4 is 21.8 Å². The molecule has 0 N–H and O–H groups in total. The summed E-state index contributed by atoms with van der Waals surface area (Å²) in [5, 5.41) is 2.87. The van der Waals surface area contributed by atoms with Gasteiger partial charge in [-0.25, -0.2) is 0 Å². The fourth-order valence-corrected chi connectivity index (χ4v) is 5.83. The highest BCUT2D eigenvalue weighted by molar-refractivity contribution is 6.08. The van der Waals surface area contributed by atoms with Crippen molar-refractivity contribution in [2.75, 3.05) is 65.7 Å². The van der Waals surface area contributed by atoms with Crippen molar-refractivity contribution < 1.29 is 9.47 Å². The van der Waals surface area contributed by atoms with Crippen LogP contribution in [0.1, 0.15) is 43.7 Å². The second-order valence-electron chi connectivity index (χ2n) is 10.3. The Bertz CT molecular complexity index is 997. The lowest BCUT2D eigenvalue weighted by atomic mass is 10.0. The van der Waals surface area contributed by atoms with E-state index in [0.717, 1.165) is 59.2 Å². The average molecular weight is 478 g/mol. The molecular formula is C30H43N3O2. The first-order valence-electron chi connectivity index (χ1n) is 14.0. The summed E-state index contributed by atoms with van der Waals surface area (Å²) in [5.74, 6) is 0. The zero-order valence-corrected chi connectivity index (χ0v) is 21.6. The lowest BCUT2D eigenvalue weighted by molar-refractivity contribution is 0.0371. The highest BCUT2D eigenvalue weighted by Crippen LogP contribution is 2.31. The molecule has 0 atom stereocenters. The van der Waals surface area contributed by atoms with E-state index in [2.05, 4.69) is 57.7 Å². The highest BCUT2D eigenvalue weighted by Gasteiger charge is 2.13. The maximum atomic E-state index is 5.47. The average Bonchev–Trinajstić information content (AvgIpc) is 3.22. The molecule has 3 aromatic rings. The minimum Gasteiger partial charge on any atom is -0.379 e. The number of aryl methyl sites for hydroxylation is 3. The van der Waals surface area contributed by atoms with Gasteiger partial charge in [0.05, 0.1) is 26.4 Å². The van der Waals surface area contributed by atoms with E-state index in [0.29, 0.717) is 0 Å². The predicted molar refractivity (Wildman–Crippen MR) is 146 cm³/mol. The highest BCUT2D eigenvalue weighted by atomic mass is 16.5. The lowest BCUT2D eigenvalue weighted by Crippen LogP contribution is -2.36. The van der Waals surface area contributed by atoms with E-state index >= 15 is 0 Å². The van der Waals surface area contributed by atoms with Gasteiger partial charge in [-0.15, -0.1) is 0 Å². The molecule has 1 aromatic heterocycles. The number of benzene rings is 2. The third-order valence-corrected chi connectivity index (χ3v) is 7.90. The number of rotatable bonds is 11. The fourth-order valence-electron chi connectivity index (χ4n) is 5.83. The van der Waals surface area contributed by atoms with Crippen LogP contribution in [0.3, 0.4) is 0 Å². The number of hydrogen-bond acceptors (Lipinski definition) is 4. The van der Waals surface area contributed by atoms with Crippen molar-refractivity contribution in [3.8, 4) is 0 Å². The summed E-state index contributed by atoms with van der Waals surface area (Å²) in [7, 11) is 0. The van der Waals surface area contributed by atoms with Gasteiger partial charge in [-0.1, -0.05) is 12.1 Å². The molecule has 3 heterocycles. The van der Waals surface area contributed by atoms with Crippen molar-refractivity contribution in [1.29, 1.82) is 0 Å². The maximum Gasteiger partial charge on any atom is 0.0594 e. The summed E-state index contributed by atoms with van der Waals surface area (Å²) in [5.41, 5.74) is 5.71. The third-order valence-electron chi connectivity index (χ3n) is 7.90. The van der Waals surface area contributed by atoms with Crippen LogP contribution < -0.4 is 0 Å². The zero-order valence-electron chi connectivity index (χ0n) is 21.6. The summed E-state index contributed by atoms with van der Waals surface area (Å²) in [4.78, 5) is 5.09. The van der Waals surface area contributed by atoms with E-state index in [1.807, 2.05) is 0 Å². The molecule has 2 saturated heterocycles. The van der Waals surface area contributed by atoms with Crippen LogP contribution >= 0.6 is 0 Å². The van der Waals surface area contributed by atoms with Gasteiger partial charge in [-0.2, -0.15) is 0 Å². The maximum absolute atomic E-state index is 5.47. The van der Waals surface area contributed by atoms with E-state index in [9.17, 15) is 0 Å². The van der Waals surface area contributed by atoms with Crippen LogP contribution in [0.2, 0.25) is 0 Å². The Morgan fingerprint density at radius 3 is 1.51 bits per heavy atom. The Morgan fingerprint density at radius 1 is 0.629 bits per heavy atom. The molecule has 0 unspecified atom stereocenters. The lowest BCUT2D eigenvalue weighted by Gasteiger charge is -2.26. The van der Waals surface area contributed by atoms with Crippen LogP contribution in [0.4, 0.5) is 0 Å². The van der Waals surface area contributed by atoms with Crippen molar-refractivity contribution in [2.24, 2.45) is 0 Å². The van der Waals surface area contributed by atoms with E-state index in [4.69, 9.17) is 9.47 Å². The number of fused-ring (bicyclic) bond motifs is 3. The van der Waals surface area contributed by atoms with E-state index in [-0.39, 0.29) is 0 Å². The predicted octanol–water partition coefficient (Wildman–Crippen LogP) is 5.12. The van der Waals surface area contributed by atoms with Gasteiger partial charge in [0.15, 0.2) is 0 Å². The molecule has 0 aliphatic carbocycles. The van der Waals surface area contributed by atoms with Crippen molar-refractivity contribution in [2.45, 2.75) is 52.0 Å². The van der Waals surface area contributed by atoms with Gasteiger partial charge in [0.1, 0.15) is 0 Å². The number of unbranched alkanes of at least 4 members (excludes halogenated alkanes) is 2. The summed E-state index contributed by atoms with van der Waals surface area (Å²) in [6.45, 7) is 13.7. The van der Waals surface area contributed by atoms with Crippen molar-refractivity contribution in [1.82, 2.24) is 14.4 Å². The summed E-state index contributed by atoms with van der Waals surface area (Å²) < 4.78 is 13.4. The number of ether oxygens (including phenoxy) is 2. The quantitative estimate of drug-likeness (QED) is 0.359. The SMILES string of the molecule is CCn1c2ccc(CCCCN3CCOCC3)cc2c2cc(CCCCN3CCOCC3)ccc21. The first kappa shape index (κ1) is 24.8. The number of hydrogen-bond donors (Lipinski definition) is 0. The number of nitrogens with zero attached hydrogens (tertiary/aromatic N) is 3. The van der Waals surface area contributed by atoms with Gasteiger partial charge in [0.2, 0.25) is 0 Å². The molecule has 0 amide bonds. The van der Waals surface area contributed by atoms with Crippen LogP contribution in [0, 0.1) is 0 Å². The second kappa shape index (κ2) is 12.4. The molecule has 2 aliphatic heterocycles. The molecular weight excluding hydrogens is 434 g/mol. The first-order valence-corrected chi connectivity index (χ1v) is 14.0. The van der Waals surface area contributed by atoms with Gasteiger partial charge < -0.3 is 14.0 Å². The summed E-state index contributed by atoms with van der Waals surface area (Å²) in [6, 6.07) is 14.4. The molecule has 35 heavy (non-hydrogen) atoms. The van der Waals surface area contributed by atoms with Crippen molar-refractivity contribution in [3.63, 3.8) is 0 Å². The molecule has 5 rings (SSSR count). The van der Waals surface area contributed by atoms with Crippen LogP contribution in [-0.4, -0.2) is 80.1 Å². The molecule has 190 valence electrons. The van der Waals surface area contributed by atoms with Crippen LogP contribution in [0.25, 0.3) is 21.8 Å². The first-order chi connectivity index (χ1) is 17.3. The molecule has 5 heteroatoms. The Morgan fingerprint density at radius 2 is 1.09 bits per heavy atom. The van der Waals surface area contributed by atoms with Crippen LogP contribution in [-0.2, 0) is 28.9 Å². The van der Waals surface area contributed by atoms with Crippen LogP contribution in [0.5, 0.6) is 0 Å². The normalized spacial score (nSPS) is 18.1. The van der Waals surface area contributed by atoms with Gasteiger partial charge in [0, 0.05) is 54.5 Å². The van der Waals surface area contributed by atoms with Gasteiger partial charge in [0.25, 0.3) is 0 Å². The summed E-state index contributed by atoms with van der Waals surface area (Å²) >= 11 is 0. The molecule has 0 spiro atoms. The largest absolute Gasteiger partial charge is 0.379 e. The Hall–Kier alpha value is -1.92. The molecule has 0 bridgehead atoms. The molecule has 2 aliphatic rings. The van der Waals surface area contributed by atoms with E-state index in [1.165, 1.54) is 84.5 Å². The zero-order chi connectivity index (χ0) is 23.9. The molecule has 0 saturated carbocycles. The third kappa shape index (κ3) is 6.26. The minimum atomic E-state index is 0.897. The van der Waals surface area contributed by atoms with E-state index in [1.54, 1.807) is 0 Å². The molecule has 2 aromatic carbocycles. The Labute approximate surface area is 211 Å². The molecule has 2 fully saturated rings. The topological polar surface area (TPSA) is 29.9 Å². The van der Waals surface area contributed by atoms with Crippen LogP contribution in [0.15, 0.2) is 36.4 Å². The van der Waals surface area contributed by atoms with Gasteiger partial charge >= 0.3 is 0 Å². The minimum absolute atomic E-state index is 0.897. The fraction of sp³-hybridized carbons (Fsp3) is 0.600. The molecule has 5 nitrogen and oxygen atoms in total. The monoisotopic (exact) mass is 477 g/mol. The smallest absolute Gasteiger partial charge is 0.0594 e. The Balaban J connectivity index is 1.22.